The Bertz CT molecular complexity index is 1400. The van der Waals surface area contributed by atoms with Crippen molar-refractivity contribution in [2.45, 2.75) is 13.5 Å². The van der Waals surface area contributed by atoms with Gasteiger partial charge >= 0.3 is 5.91 Å². The third-order valence-corrected chi connectivity index (χ3v) is 5.38. The zero-order valence-electron chi connectivity index (χ0n) is 18.2. The highest BCUT2D eigenvalue weighted by Gasteiger charge is 2.13. The van der Waals surface area contributed by atoms with Gasteiger partial charge in [0.15, 0.2) is 5.76 Å². The molecule has 0 spiro atoms. The lowest BCUT2D eigenvalue weighted by Gasteiger charge is -2.10. The summed E-state index contributed by atoms with van der Waals surface area (Å²) in [5.74, 6) is 0.923. The van der Waals surface area contributed by atoms with Crippen molar-refractivity contribution >= 4 is 39.0 Å². The highest BCUT2D eigenvalue weighted by molar-refractivity contribution is 9.10. The number of rotatable bonds is 8. The van der Waals surface area contributed by atoms with Gasteiger partial charge in [0.2, 0.25) is 0 Å². The van der Waals surface area contributed by atoms with E-state index < -0.39 is 5.91 Å². The fourth-order valence-corrected chi connectivity index (χ4v) is 3.65. The lowest BCUT2D eigenvalue weighted by Crippen LogP contribution is -2.16. The number of nitrogens with zero attached hydrogens (tertiary/aromatic N) is 2. The van der Waals surface area contributed by atoms with E-state index in [1.165, 1.54) is 6.21 Å². The van der Waals surface area contributed by atoms with Crippen molar-refractivity contribution in [3.8, 4) is 17.6 Å². The van der Waals surface area contributed by atoms with Crippen LogP contribution in [-0.2, 0) is 6.61 Å². The summed E-state index contributed by atoms with van der Waals surface area (Å²) < 4.78 is 17.9. The number of benzene rings is 3. The summed E-state index contributed by atoms with van der Waals surface area (Å²) in [6.07, 6.45) is 1.49. The number of hydrazone groups is 1. The average Bonchev–Trinajstić information content (AvgIpc) is 3.27. The first kappa shape index (κ1) is 23.1. The van der Waals surface area contributed by atoms with Crippen LogP contribution in [0.1, 0.15) is 34.2 Å². The molecule has 0 aliphatic heterocycles. The zero-order chi connectivity index (χ0) is 23.9. The van der Waals surface area contributed by atoms with Gasteiger partial charge in [-0.2, -0.15) is 10.4 Å². The van der Waals surface area contributed by atoms with Gasteiger partial charge in [-0.1, -0.05) is 34.1 Å². The first-order valence-corrected chi connectivity index (χ1v) is 11.3. The van der Waals surface area contributed by atoms with Crippen LogP contribution in [0.15, 0.2) is 80.7 Å². The molecule has 4 aromatic rings. The van der Waals surface area contributed by atoms with Crippen LogP contribution in [0.5, 0.6) is 11.5 Å². The first-order chi connectivity index (χ1) is 16.6. The van der Waals surface area contributed by atoms with Crippen molar-refractivity contribution in [2.24, 2.45) is 5.10 Å². The maximum absolute atomic E-state index is 12.5. The summed E-state index contributed by atoms with van der Waals surface area (Å²) in [6, 6.07) is 21.9. The summed E-state index contributed by atoms with van der Waals surface area (Å²) in [7, 11) is 0. The van der Waals surface area contributed by atoms with Crippen LogP contribution in [0.2, 0.25) is 0 Å². The SMILES string of the molecule is CCOc1ccc2oc(C(=O)N/N=C/c3cc(Br)ccc3OCc3ccccc3C#N)cc2c1. The molecule has 0 fully saturated rings. The monoisotopic (exact) mass is 517 g/mol. The molecule has 0 bridgehead atoms. The van der Waals surface area contributed by atoms with E-state index in [-0.39, 0.29) is 12.4 Å². The second-order valence-electron chi connectivity index (χ2n) is 7.18. The van der Waals surface area contributed by atoms with Crippen LogP contribution in [0, 0.1) is 11.3 Å². The van der Waals surface area contributed by atoms with Crippen LogP contribution in [0.25, 0.3) is 11.0 Å². The largest absolute Gasteiger partial charge is 0.494 e. The van der Waals surface area contributed by atoms with E-state index >= 15 is 0 Å². The number of nitrogens with one attached hydrogen (secondary N) is 1. The van der Waals surface area contributed by atoms with Crippen molar-refractivity contribution < 1.29 is 18.7 Å². The summed E-state index contributed by atoms with van der Waals surface area (Å²) in [4.78, 5) is 12.5. The third kappa shape index (κ3) is 5.45. The molecule has 34 heavy (non-hydrogen) atoms. The van der Waals surface area contributed by atoms with Gasteiger partial charge in [-0.15, -0.1) is 0 Å². The van der Waals surface area contributed by atoms with Gasteiger partial charge in [0.1, 0.15) is 23.7 Å². The van der Waals surface area contributed by atoms with E-state index in [1.54, 1.807) is 30.3 Å². The molecular weight excluding hydrogens is 498 g/mol. The Morgan fingerprint density at radius 1 is 1.15 bits per heavy atom. The summed E-state index contributed by atoms with van der Waals surface area (Å²) >= 11 is 3.44. The Morgan fingerprint density at radius 3 is 2.82 bits per heavy atom. The van der Waals surface area contributed by atoms with E-state index in [9.17, 15) is 10.1 Å². The molecule has 1 heterocycles. The number of carbonyl (C=O) groups is 1. The Kier molecular flexibility index (Phi) is 7.25. The van der Waals surface area contributed by atoms with Crippen LogP contribution in [-0.4, -0.2) is 18.7 Å². The predicted octanol–water partition coefficient (Wildman–Crippen LogP) is 5.81. The van der Waals surface area contributed by atoms with E-state index in [0.717, 1.165) is 15.4 Å². The van der Waals surface area contributed by atoms with Gasteiger partial charge in [-0.3, -0.25) is 4.79 Å². The lowest BCUT2D eigenvalue weighted by atomic mass is 10.1. The molecular formula is C26H20BrN3O4. The second kappa shape index (κ2) is 10.7. The average molecular weight is 518 g/mol. The number of hydrogen-bond acceptors (Lipinski definition) is 6. The smallest absolute Gasteiger partial charge is 0.307 e. The highest BCUT2D eigenvalue weighted by Crippen LogP contribution is 2.25. The minimum Gasteiger partial charge on any atom is -0.494 e. The summed E-state index contributed by atoms with van der Waals surface area (Å²) in [6.45, 7) is 2.68. The Hall–Kier alpha value is -4.09. The van der Waals surface area contributed by atoms with Gasteiger partial charge in [0.05, 0.1) is 24.5 Å². The topological polar surface area (TPSA) is 96.8 Å². The summed E-state index contributed by atoms with van der Waals surface area (Å²) in [5, 5.41) is 14.1. The number of amides is 1. The summed E-state index contributed by atoms with van der Waals surface area (Å²) in [5.41, 5.74) is 5.04. The van der Waals surface area contributed by atoms with Crippen molar-refractivity contribution in [2.75, 3.05) is 6.61 Å². The molecule has 0 saturated heterocycles. The zero-order valence-corrected chi connectivity index (χ0v) is 19.8. The van der Waals surface area contributed by atoms with Crippen molar-refractivity contribution in [1.82, 2.24) is 5.43 Å². The molecule has 3 aromatic carbocycles. The van der Waals surface area contributed by atoms with E-state index in [2.05, 4.69) is 32.5 Å². The molecule has 0 unspecified atom stereocenters. The molecule has 1 N–H and O–H groups in total. The molecule has 1 amide bonds. The molecule has 0 radical (unpaired) electrons. The van der Waals surface area contributed by atoms with Gasteiger partial charge in [-0.25, -0.2) is 5.43 Å². The molecule has 0 aliphatic rings. The van der Waals surface area contributed by atoms with Crippen molar-refractivity contribution in [3.05, 3.63) is 93.7 Å². The van der Waals surface area contributed by atoms with E-state index in [0.29, 0.717) is 34.8 Å². The Labute approximate surface area is 204 Å². The number of hydrogen-bond donors (Lipinski definition) is 1. The van der Waals surface area contributed by atoms with Crippen LogP contribution >= 0.6 is 15.9 Å². The molecule has 0 atom stereocenters. The van der Waals surface area contributed by atoms with E-state index in [1.807, 2.05) is 43.3 Å². The van der Waals surface area contributed by atoms with Crippen LogP contribution < -0.4 is 14.9 Å². The quantitative estimate of drug-likeness (QED) is 0.235. The van der Waals surface area contributed by atoms with Crippen LogP contribution in [0.3, 0.4) is 0 Å². The minimum atomic E-state index is -0.481. The normalized spacial score (nSPS) is 10.9. The van der Waals surface area contributed by atoms with Gasteiger partial charge in [-0.05, 0) is 55.5 Å². The van der Waals surface area contributed by atoms with Crippen molar-refractivity contribution in [1.29, 1.82) is 5.26 Å². The van der Waals surface area contributed by atoms with E-state index in [4.69, 9.17) is 13.9 Å². The van der Waals surface area contributed by atoms with Gasteiger partial charge < -0.3 is 13.9 Å². The molecule has 0 saturated carbocycles. The Morgan fingerprint density at radius 2 is 2.00 bits per heavy atom. The van der Waals surface area contributed by atoms with Gasteiger partial charge in [0.25, 0.3) is 0 Å². The number of fused-ring (bicyclic) bond motifs is 1. The maximum Gasteiger partial charge on any atom is 0.307 e. The molecule has 4 rings (SSSR count). The second-order valence-corrected chi connectivity index (χ2v) is 8.10. The first-order valence-electron chi connectivity index (χ1n) is 10.5. The predicted molar refractivity (Wildman–Crippen MR) is 132 cm³/mol. The van der Waals surface area contributed by atoms with Crippen LogP contribution in [0.4, 0.5) is 0 Å². The Balaban J connectivity index is 1.46. The minimum absolute atomic E-state index is 0.139. The number of carbonyl (C=O) groups excluding carboxylic acids is 1. The number of ether oxygens (including phenoxy) is 2. The standard InChI is InChI=1S/C26H20BrN3O4/c1-2-32-22-8-10-24-19(12-22)13-25(34-24)26(31)30-29-15-20-11-21(27)7-9-23(20)33-16-18-6-4-3-5-17(18)14-28/h3-13,15H,2,16H2,1H3,(H,30,31)/b29-15+. The lowest BCUT2D eigenvalue weighted by molar-refractivity contribution is 0.0929. The number of halogens is 1. The molecule has 8 heteroatoms. The third-order valence-electron chi connectivity index (χ3n) is 4.89. The van der Waals surface area contributed by atoms with Gasteiger partial charge in [0, 0.05) is 21.0 Å². The number of nitriles is 1. The van der Waals surface area contributed by atoms with Crippen molar-refractivity contribution in [3.63, 3.8) is 0 Å². The number of furan rings is 1. The molecule has 170 valence electrons. The molecule has 7 nitrogen and oxygen atoms in total. The maximum atomic E-state index is 12.5. The molecule has 0 aliphatic carbocycles. The fourth-order valence-electron chi connectivity index (χ4n) is 3.27. The fraction of sp³-hybridized carbons (Fsp3) is 0.115. The highest BCUT2D eigenvalue weighted by atomic mass is 79.9. The molecule has 1 aromatic heterocycles.